The molecule has 0 aliphatic heterocycles. The van der Waals surface area contributed by atoms with Gasteiger partial charge in [0.05, 0.1) is 18.2 Å². The van der Waals surface area contributed by atoms with Gasteiger partial charge in [-0.15, -0.1) is 0 Å². The van der Waals surface area contributed by atoms with Crippen LogP contribution in [0.2, 0.25) is 0 Å². The van der Waals surface area contributed by atoms with E-state index >= 15 is 0 Å². The topological polar surface area (TPSA) is 36.7 Å². The summed E-state index contributed by atoms with van der Waals surface area (Å²) in [5.74, 6) is 0. The lowest BCUT2D eigenvalue weighted by Gasteiger charge is -1.95. The Balaban J connectivity index is 3.01. The number of hydrogen-bond acceptors (Lipinski definition) is 2. The molecule has 11 heavy (non-hydrogen) atoms. The maximum absolute atomic E-state index is 8.38. The summed E-state index contributed by atoms with van der Waals surface area (Å²) >= 11 is 6.54. The quantitative estimate of drug-likeness (QED) is 0.739. The van der Waals surface area contributed by atoms with E-state index in [-0.39, 0.29) is 0 Å². The number of pyridine rings is 1. The average molecular weight is 276 g/mol. The molecular formula is C7H4Br2N2. The Morgan fingerprint density at radius 1 is 1.45 bits per heavy atom. The van der Waals surface area contributed by atoms with E-state index in [1.165, 1.54) is 0 Å². The monoisotopic (exact) mass is 274 g/mol. The SMILES string of the molecule is N#CCc1cc(Br)cc(Br)n1. The smallest absolute Gasteiger partial charge is 0.107 e. The van der Waals surface area contributed by atoms with Crippen LogP contribution in [0.4, 0.5) is 0 Å². The Kier molecular flexibility index (Phi) is 3.03. The number of aromatic nitrogens is 1. The molecule has 0 bridgehead atoms. The second-order valence-electron chi connectivity index (χ2n) is 1.93. The zero-order valence-electron chi connectivity index (χ0n) is 5.51. The molecular weight excluding hydrogens is 272 g/mol. The van der Waals surface area contributed by atoms with Crippen LogP contribution in [-0.4, -0.2) is 4.98 Å². The highest BCUT2D eigenvalue weighted by Gasteiger charge is 1.97. The largest absolute Gasteiger partial charge is 0.245 e. The third-order valence-corrected chi connectivity index (χ3v) is 1.94. The van der Waals surface area contributed by atoms with Crippen molar-refractivity contribution in [2.24, 2.45) is 0 Å². The van der Waals surface area contributed by atoms with Gasteiger partial charge < -0.3 is 0 Å². The maximum atomic E-state index is 8.38. The summed E-state index contributed by atoms with van der Waals surface area (Å²) in [6.45, 7) is 0. The lowest BCUT2D eigenvalue weighted by Crippen LogP contribution is -1.87. The molecule has 0 saturated heterocycles. The van der Waals surface area contributed by atoms with Crippen molar-refractivity contribution in [2.75, 3.05) is 0 Å². The Bertz CT molecular complexity index is 284. The number of rotatable bonds is 1. The number of nitrogens with zero attached hydrogens (tertiary/aromatic N) is 2. The van der Waals surface area contributed by atoms with E-state index in [0.29, 0.717) is 6.42 Å². The third-order valence-electron chi connectivity index (χ3n) is 1.07. The predicted octanol–water partition coefficient (Wildman–Crippen LogP) is 2.67. The molecule has 0 aromatic carbocycles. The van der Waals surface area contributed by atoms with Crippen molar-refractivity contribution in [1.29, 1.82) is 5.26 Å². The van der Waals surface area contributed by atoms with Gasteiger partial charge in [0.1, 0.15) is 4.60 Å². The van der Waals surface area contributed by atoms with Gasteiger partial charge in [-0.2, -0.15) is 5.26 Å². The Hall–Kier alpha value is -0.400. The van der Waals surface area contributed by atoms with Crippen molar-refractivity contribution in [3.05, 3.63) is 26.9 Å². The van der Waals surface area contributed by atoms with Gasteiger partial charge in [-0.3, -0.25) is 0 Å². The van der Waals surface area contributed by atoms with Crippen molar-refractivity contribution < 1.29 is 0 Å². The first-order valence-electron chi connectivity index (χ1n) is 2.91. The minimum absolute atomic E-state index is 0.345. The molecule has 0 aliphatic rings. The molecule has 0 N–H and O–H groups in total. The third kappa shape index (κ3) is 2.60. The van der Waals surface area contributed by atoms with Crippen molar-refractivity contribution >= 4 is 31.9 Å². The molecule has 1 rings (SSSR count). The fourth-order valence-corrected chi connectivity index (χ4v) is 1.95. The molecule has 1 heterocycles. The molecule has 0 spiro atoms. The van der Waals surface area contributed by atoms with Crippen LogP contribution in [0, 0.1) is 11.3 Å². The van der Waals surface area contributed by atoms with Crippen LogP contribution < -0.4 is 0 Å². The van der Waals surface area contributed by atoms with Crippen LogP contribution >= 0.6 is 31.9 Å². The van der Waals surface area contributed by atoms with Gasteiger partial charge in [0.2, 0.25) is 0 Å². The normalized spacial score (nSPS) is 9.18. The van der Waals surface area contributed by atoms with Crippen LogP contribution in [0.1, 0.15) is 5.69 Å². The molecule has 0 fully saturated rings. The van der Waals surface area contributed by atoms with Gasteiger partial charge in [0, 0.05) is 4.47 Å². The van der Waals surface area contributed by atoms with Gasteiger partial charge in [-0.05, 0) is 28.1 Å². The molecule has 0 unspecified atom stereocenters. The predicted molar refractivity (Wildman–Crippen MR) is 49.0 cm³/mol. The maximum Gasteiger partial charge on any atom is 0.107 e. The zero-order chi connectivity index (χ0) is 8.27. The van der Waals surface area contributed by atoms with Crippen LogP contribution in [0.3, 0.4) is 0 Å². The van der Waals surface area contributed by atoms with Gasteiger partial charge in [0.25, 0.3) is 0 Å². The highest BCUT2D eigenvalue weighted by atomic mass is 79.9. The van der Waals surface area contributed by atoms with E-state index in [1.54, 1.807) is 0 Å². The van der Waals surface area contributed by atoms with E-state index in [2.05, 4.69) is 36.8 Å². The highest BCUT2D eigenvalue weighted by Crippen LogP contribution is 2.16. The Labute approximate surface area is 81.5 Å². The molecule has 0 saturated carbocycles. The first-order valence-corrected chi connectivity index (χ1v) is 4.50. The van der Waals surface area contributed by atoms with E-state index in [1.807, 2.05) is 18.2 Å². The van der Waals surface area contributed by atoms with Crippen LogP contribution in [-0.2, 0) is 6.42 Å². The molecule has 1 aromatic heterocycles. The van der Waals surface area contributed by atoms with Gasteiger partial charge in [-0.25, -0.2) is 4.98 Å². The molecule has 0 amide bonds. The second-order valence-corrected chi connectivity index (χ2v) is 3.66. The zero-order valence-corrected chi connectivity index (χ0v) is 8.68. The van der Waals surface area contributed by atoms with Crippen LogP contribution in [0.5, 0.6) is 0 Å². The van der Waals surface area contributed by atoms with E-state index < -0.39 is 0 Å². The van der Waals surface area contributed by atoms with E-state index in [4.69, 9.17) is 5.26 Å². The van der Waals surface area contributed by atoms with Crippen LogP contribution in [0.25, 0.3) is 0 Å². The lowest BCUT2D eigenvalue weighted by molar-refractivity contribution is 1.09. The van der Waals surface area contributed by atoms with Crippen LogP contribution in [0.15, 0.2) is 21.2 Å². The standard InChI is InChI=1S/C7H4Br2N2/c8-5-3-6(1-2-10)11-7(9)4-5/h3-4H,1H2. The summed E-state index contributed by atoms with van der Waals surface area (Å²) in [5.41, 5.74) is 0.772. The summed E-state index contributed by atoms with van der Waals surface area (Å²) in [6, 6.07) is 5.70. The summed E-state index contributed by atoms with van der Waals surface area (Å²) in [7, 11) is 0. The summed E-state index contributed by atoms with van der Waals surface area (Å²) in [5, 5.41) is 8.38. The first kappa shape index (κ1) is 8.69. The highest BCUT2D eigenvalue weighted by molar-refractivity contribution is 9.11. The fraction of sp³-hybridized carbons (Fsp3) is 0.143. The molecule has 4 heteroatoms. The first-order chi connectivity index (χ1) is 5.22. The summed E-state index contributed by atoms with van der Waals surface area (Å²) in [6.07, 6.45) is 0.345. The lowest BCUT2D eigenvalue weighted by atomic mass is 10.3. The molecule has 1 aromatic rings. The minimum Gasteiger partial charge on any atom is -0.245 e. The Morgan fingerprint density at radius 3 is 2.73 bits per heavy atom. The molecule has 56 valence electrons. The fourth-order valence-electron chi connectivity index (χ4n) is 0.688. The number of hydrogen-bond donors (Lipinski definition) is 0. The van der Waals surface area contributed by atoms with Crippen molar-refractivity contribution in [3.63, 3.8) is 0 Å². The molecule has 2 nitrogen and oxygen atoms in total. The van der Waals surface area contributed by atoms with Crippen molar-refractivity contribution in [3.8, 4) is 6.07 Å². The molecule has 0 radical (unpaired) electrons. The van der Waals surface area contributed by atoms with E-state index in [0.717, 1.165) is 14.8 Å². The molecule has 0 atom stereocenters. The average Bonchev–Trinajstić information content (AvgIpc) is 1.85. The van der Waals surface area contributed by atoms with Crippen molar-refractivity contribution in [2.45, 2.75) is 6.42 Å². The molecule has 0 aliphatic carbocycles. The van der Waals surface area contributed by atoms with Gasteiger partial charge >= 0.3 is 0 Å². The summed E-state index contributed by atoms with van der Waals surface area (Å²) < 4.78 is 1.68. The summed E-state index contributed by atoms with van der Waals surface area (Å²) in [4.78, 5) is 4.09. The van der Waals surface area contributed by atoms with Gasteiger partial charge in [-0.1, -0.05) is 15.9 Å². The number of halogens is 2. The van der Waals surface area contributed by atoms with E-state index in [9.17, 15) is 0 Å². The Morgan fingerprint density at radius 2 is 2.18 bits per heavy atom. The number of nitriles is 1. The van der Waals surface area contributed by atoms with Gasteiger partial charge in [0.15, 0.2) is 0 Å². The minimum atomic E-state index is 0.345. The van der Waals surface area contributed by atoms with Crippen molar-refractivity contribution in [1.82, 2.24) is 4.98 Å². The second kappa shape index (κ2) is 3.84.